The van der Waals surface area contributed by atoms with Crippen LogP contribution in [-0.2, 0) is 0 Å². The van der Waals surface area contributed by atoms with Crippen molar-refractivity contribution >= 4 is 23.2 Å². The van der Waals surface area contributed by atoms with Crippen LogP contribution in [0.3, 0.4) is 0 Å². The Morgan fingerprint density at radius 2 is 1.57 bits per heavy atom. The highest BCUT2D eigenvalue weighted by atomic mass is 16.3. The Balaban J connectivity index is 1.90. The number of ketones is 1. The topological polar surface area (TPSA) is 80.9 Å². The number of pyridine rings is 1. The first-order chi connectivity index (χ1) is 13.6. The van der Waals surface area contributed by atoms with Gasteiger partial charge in [-0.3, -0.25) is 9.59 Å². The molecule has 28 heavy (non-hydrogen) atoms. The van der Waals surface area contributed by atoms with Crippen molar-refractivity contribution in [3.63, 3.8) is 0 Å². The first-order valence-electron chi connectivity index (χ1n) is 8.81. The third kappa shape index (κ3) is 2.93. The molecule has 0 radical (unpaired) electrons. The summed E-state index contributed by atoms with van der Waals surface area (Å²) in [4.78, 5) is 33.0. The molecule has 1 amide bonds. The van der Waals surface area contributed by atoms with E-state index in [0.717, 1.165) is 5.56 Å². The maximum atomic E-state index is 13.0. The van der Waals surface area contributed by atoms with Gasteiger partial charge in [0.2, 0.25) is 0 Å². The Bertz CT molecular complexity index is 1160. The van der Waals surface area contributed by atoms with Crippen molar-refractivity contribution < 1.29 is 19.7 Å². The Morgan fingerprint density at radius 1 is 0.929 bits per heavy atom. The molecule has 1 aromatic heterocycles. The van der Waals surface area contributed by atoms with E-state index >= 15 is 0 Å². The van der Waals surface area contributed by atoms with Crippen molar-refractivity contribution in [2.75, 3.05) is 0 Å². The number of aliphatic hydroxyl groups excluding tert-OH is 1. The second-order valence-electron chi connectivity index (χ2n) is 6.47. The van der Waals surface area contributed by atoms with Crippen LogP contribution in [-0.4, -0.2) is 22.5 Å². The number of aryl methyl sites for hydroxylation is 1. The number of aromatic amines is 1. The summed E-state index contributed by atoms with van der Waals surface area (Å²) in [6.45, 7) is 1.83. The van der Waals surface area contributed by atoms with Crippen LogP contribution in [0, 0.1) is 6.92 Å². The van der Waals surface area contributed by atoms with Gasteiger partial charge in [-0.2, -0.15) is 0 Å². The average Bonchev–Trinajstić information content (AvgIpc) is 2.98. The molecule has 3 aromatic rings. The number of aliphatic imine (C=N–C) groups is 1. The number of rotatable bonds is 3. The van der Waals surface area contributed by atoms with E-state index in [1.165, 1.54) is 0 Å². The van der Waals surface area contributed by atoms with Gasteiger partial charge in [-0.1, -0.05) is 42.5 Å². The van der Waals surface area contributed by atoms with Gasteiger partial charge in [-0.05, 0) is 18.6 Å². The lowest BCUT2D eigenvalue weighted by Crippen LogP contribution is -2.16. The van der Waals surface area contributed by atoms with E-state index in [-0.39, 0.29) is 22.8 Å². The monoisotopic (exact) mass is 369 g/mol. The van der Waals surface area contributed by atoms with Gasteiger partial charge in [-0.25, -0.2) is 9.98 Å². The number of fused-ring (bicyclic) bond motifs is 1. The van der Waals surface area contributed by atoms with Gasteiger partial charge in [0.1, 0.15) is 5.76 Å². The minimum atomic E-state index is -0.468. The van der Waals surface area contributed by atoms with E-state index in [2.05, 4.69) is 9.98 Å². The van der Waals surface area contributed by atoms with Crippen molar-refractivity contribution in [2.24, 2.45) is 4.99 Å². The van der Waals surface area contributed by atoms with Crippen LogP contribution in [0.4, 0.5) is 0 Å². The maximum absolute atomic E-state index is 13.0. The number of aromatic nitrogens is 1. The number of H-pyrrole nitrogens is 1. The average molecular weight is 369 g/mol. The molecule has 0 aliphatic heterocycles. The lowest BCUT2D eigenvalue weighted by atomic mass is 9.99. The number of nitrogens with one attached hydrogen (secondary N) is 1. The van der Waals surface area contributed by atoms with Crippen LogP contribution in [0.2, 0.25) is 0 Å². The summed E-state index contributed by atoms with van der Waals surface area (Å²) >= 11 is 0. The molecule has 1 aliphatic rings. The number of carbonyl (C=O) groups is 2. The SMILES string of the molecule is Cc1ccccc1C(=O)N=C(C1=C(O)c2ccccc2C1=O)c1cc[nH+]cc1. The smallest absolute Gasteiger partial charge is 0.277 e. The molecule has 0 saturated heterocycles. The van der Waals surface area contributed by atoms with Crippen molar-refractivity contribution in [1.82, 2.24) is 0 Å². The Labute approximate surface area is 161 Å². The quantitative estimate of drug-likeness (QED) is 0.716. The zero-order valence-electron chi connectivity index (χ0n) is 15.1. The number of carbonyl (C=O) groups excluding carboxylic acids is 2. The van der Waals surface area contributed by atoms with Crippen molar-refractivity contribution in [3.05, 3.63) is 106 Å². The maximum Gasteiger partial charge on any atom is 0.277 e. The summed E-state index contributed by atoms with van der Waals surface area (Å²) in [5.74, 6) is -0.980. The second-order valence-corrected chi connectivity index (χ2v) is 6.47. The fourth-order valence-electron chi connectivity index (χ4n) is 3.27. The summed E-state index contributed by atoms with van der Waals surface area (Å²) in [5, 5.41) is 10.7. The van der Waals surface area contributed by atoms with Gasteiger partial charge in [0.15, 0.2) is 18.2 Å². The van der Waals surface area contributed by atoms with Crippen molar-refractivity contribution in [2.45, 2.75) is 6.92 Å². The first kappa shape index (κ1) is 17.5. The Hall–Kier alpha value is -3.86. The van der Waals surface area contributed by atoms with E-state index < -0.39 is 5.91 Å². The molecular formula is C23H17N2O3+. The van der Waals surface area contributed by atoms with Gasteiger partial charge >= 0.3 is 0 Å². The fourth-order valence-corrected chi connectivity index (χ4v) is 3.27. The van der Waals surface area contributed by atoms with E-state index in [1.807, 2.05) is 19.1 Å². The highest BCUT2D eigenvalue weighted by Crippen LogP contribution is 2.33. The minimum absolute atomic E-state index is 0.0364. The zero-order chi connectivity index (χ0) is 19.7. The predicted octanol–water partition coefficient (Wildman–Crippen LogP) is 3.60. The molecule has 0 fully saturated rings. The molecule has 0 spiro atoms. The summed E-state index contributed by atoms with van der Waals surface area (Å²) in [6, 6.07) is 17.4. The van der Waals surface area contributed by atoms with E-state index in [0.29, 0.717) is 22.3 Å². The molecule has 4 rings (SSSR count). The number of aliphatic hydroxyl groups is 1. The number of hydrogen-bond donors (Lipinski definition) is 1. The summed E-state index contributed by atoms with van der Waals surface area (Å²) in [6.07, 6.45) is 3.35. The third-order valence-electron chi connectivity index (χ3n) is 4.71. The standard InChI is InChI=1S/C23H16N2O3/c1-14-6-2-3-7-16(14)23(28)25-20(15-10-12-24-13-11-15)19-21(26)17-8-4-5-9-18(17)22(19)27/h2-13,26H,1H3/p+1. The van der Waals surface area contributed by atoms with Crippen molar-refractivity contribution in [3.8, 4) is 0 Å². The van der Waals surface area contributed by atoms with Crippen LogP contribution < -0.4 is 4.98 Å². The third-order valence-corrected chi connectivity index (χ3v) is 4.71. The number of benzene rings is 2. The van der Waals surface area contributed by atoms with Crippen LogP contribution in [0.5, 0.6) is 0 Å². The van der Waals surface area contributed by atoms with Crippen molar-refractivity contribution in [1.29, 1.82) is 0 Å². The number of hydrogen-bond acceptors (Lipinski definition) is 3. The van der Waals surface area contributed by atoms with Gasteiger partial charge < -0.3 is 5.11 Å². The highest BCUT2D eigenvalue weighted by Gasteiger charge is 2.33. The minimum Gasteiger partial charge on any atom is -0.506 e. The number of amides is 1. The number of Topliss-reactive ketones (excluding diaryl/α,β-unsaturated/α-hetero) is 1. The zero-order valence-corrected chi connectivity index (χ0v) is 15.1. The lowest BCUT2D eigenvalue weighted by Gasteiger charge is -2.08. The molecule has 0 atom stereocenters. The lowest BCUT2D eigenvalue weighted by molar-refractivity contribution is -0.378. The molecule has 2 aromatic carbocycles. The molecule has 5 heteroatoms. The van der Waals surface area contributed by atoms with Crippen LogP contribution in [0.1, 0.15) is 37.4 Å². The molecule has 5 nitrogen and oxygen atoms in total. The number of allylic oxidation sites excluding steroid dienone is 1. The van der Waals surface area contributed by atoms with E-state index in [1.54, 1.807) is 60.9 Å². The molecule has 0 unspecified atom stereocenters. The molecule has 2 N–H and O–H groups in total. The van der Waals surface area contributed by atoms with Gasteiger partial charge in [-0.15, -0.1) is 0 Å². The number of nitrogens with zero attached hydrogens (tertiary/aromatic N) is 1. The molecule has 0 saturated carbocycles. The highest BCUT2D eigenvalue weighted by molar-refractivity contribution is 6.40. The largest absolute Gasteiger partial charge is 0.506 e. The summed E-state index contributed by atoms with van der Waals surface area (Å²) < 4.78 is 0. The molecule has 0 bridgehead atoms. The van der Waals surface area contributed by atoms with Gasteiger partial charge in [0.05, 0.1) is 11.3 Å². The molecule has 1 heterocycles. The summed E-state index contributed by atoms with van der Waals surface area (Å²) in [7, 11) is 0. The second kappa shape index (κ2) is 7.04. The first-order valence-corrected chi connectivity index (χ1v) is 8.81. The Kier molecular flexibility index (Phi) is 4.41. The summed E-state index contributed by atoms with van der Waals surface area (Å²) in [5.41, 5.74) is 2.83. The van der Waals surface area contributed by atoms with Crippen LogP contribution in [0.25, 0.3) is 5.76 Å². The normalized spacial score (nSPS) is 13.6. The predicted molar refractivity (Wildman–Crippen MR) is 105 cm³/mol. The van der Waals surface area contributed by atoms with E-state index in [4.69, 9.17) is 0 Å². The fraction of sp³-hybridized carbons (Fsp3) is 0.0435. The van der Waals surface area contributed by atoms with Crippen LogP contribution >= 0.6 is 0 Å². The van der Waals surface area contributed by atoms with Crippen LogP contribution in [0.15, 0.2) is 83.6 Å². The van der Waals surface area contributed by atoms with E-state index in [9.17, 15) is 14.7 Å². The molecule has 1 aliphatic carbocycles. The van der Waals surface area contributed by atoms with Gasteiger partial charge in [0.25, 0.3) is 5.91 Å². The molecular weight excluding hydrogens is 352 g/mol. The Morgan fingerprint density at radius 3 is 2.25 bits per heavy atom. The molecule has 136 valence electrons. The van der Waals surface area contributed by atoms with Gasteiger partial charge in [0, 0.05) is 34.4 Å².